The number of benzene rings is 9. The van der Waals surface area contributed by atoms with Gasteiger partial charge in [0, 0.05) is 47.7 Å². The van der Waals surface area contributed by atoms with Gasteiger partial charge in [-0.05, 0) is 111 Å². The highest BCUT2D eigenvalue weighted by Crippen LogP contribution is 2.66. The summed E-state index contributed by atoms with van der Waals surface area (Å²) in [5.41, 5.74) is 14.1. The number of anilines is 3. The van der Waals surface area contributed by atoms with E-state index in [9.17, 15) is 0 Å². The Morgan fingerprint density at radius 1 is 0.269 bits per heavy atom. The van der Waals surface area contributed by atoms with Crippen LogP contribution in [0.5, 0.6) is 0 Å². The zero-order chi connectivity index (χ0) is 46.1. The minimum atomic E-state index is -3.89. The summed E-state index contributed by atoms with van der Waals surface area (Å²) in [6, 6.07) is 61.6. The van der Waals surface area contributed by atoms with Crippen LogP contribution in [0.1, 0.15) is 33.4 Å². The van der Waals surface area contributed by atoms with Crippen molar-refractivity contribution in [2.24, 2.45) is 0 Å². The molecule has 0 saturated carbocycles. The minimum Gasteiger partial charge on any atom is -0.308 e. The maximum atomic E-state index is 17.6. The van der Waals surface area contributed by atoms with E-state index in [4.69, 9.17) is 0 Å². The minimum absolute atomic E-state index is 0.629. The average Bonchev–Trinajstić information content (AvgIpc) is 3.32. The first-order chi connectivity index (χ1) is 32.3. The molecule has 9 aromatic rings. The number of aryl methyl sites for hydroxylation is 6. The van der Waals surface area contributed by atoms with Gasteiger partial charge in [0.25, 0.3) is 0 Å². The van der Waals surface area contributed by atoms with Crippen LogP contribution in [0.25, 0.3) is 33.4 Å². The number of nitrogens with zero attached hydrogens (tertiary/aromatic N) is 1. The molecule has 0 bridgehead atoms. The second kappa shape index (κ2) is 15.0. The van der Waals surface area contributed by atoms with Crippen LogP contribution in [-0.2, 0) is 13.7 Å². The molecule has 0 aliphatic carbocycles. The molecule has 0 radical (unpaired) electrons. The van der Waals surface area contributed by atoms with Crippen LogP contribution >= 0.6 is 21.4 Å². The molecule has 0 fully saturated rings. The molecule has 12 rings (SSSR count). The first-order valence-electron chi connectivity index (χ1n) is 22.9. The van der Waals surface area contributed by atoms with Crippen LogP contribution in [0.15, 0.2) is 182 Å². The monoisotopic (exact) mass is 923 g/mol. The molecule has 3 aliphatic heterocycles. The van der Waals surface area contributed by atoms with Gasteiger partial charge in [0.05, 0.1) is 17.1 Å². The zero-order valence-corrected chi connectivity index (χ0v) is 41.0. The normalized spacial score (nSPS) is 19.5. The van der Waals surface area contributed by atoms with E-state index in [0.717, 1.165) is 66.8 Å². The molecule has 0 N–H and O–H groups in total. The van der Waals surface area contributed by atoms with Crippen molar-refractivity contribution in [2.75, 3.05) is 4.90 Å². The fourth-order valence-corrected chi connectivity index (χ4v) is 20.9. The van der Waals surface area contributed by atoms with Crippen LogP contribution in [0.3, 0.4) is 0 Å². The quantitative estimate of drug-likeness (QED) is 0.156. The SMILES string of the molecule is Cc1cc(C)cc(-c2cc3c4c(c2)P(=O)(c2ccccc2)c2cc(-c5cc(C)cc(C)c5)cc5c2N4c2c(cc(-c4cc(C)cc(C)c4)cc2P5(=O)c2ccccc2)P3(=O)c2ccccc2)c1. The van der Waals surface area contributed by atoms with Gasteiger partial charge in [0.2, 0.25) is 0 Å². The molecule has 3 heterocycles. The lowest BCUT2D eigenvalue weighted by Crippen LogP contribution is -2.53. The van der Waals surface area contributed by atoms with E-state index in [1.807, 2.05) is 91.0 Å². The Labute approximate surface area is 393 Å². The largest absolute Gasteiger partial charge is 0.308 e. The van der Waals surface area contributed by atoms with Crippen molar-refractivity contribution in [3.05, 3.63) is 215 Å². The van der Waals surface area contributed by atoms with Crippen LogP contribution in [0.4, 0.5) is 17.1 Å². The van der Waals surface area contributed by atoms with Gasteiger partial charge in [-0.2, -0.15) is 0 Å². The third kappa shape index (κ3) is 6.10. The molecule has 3 aliphatic rings. The first-order valence-corrected chi connectivity index (χ1v) is 28.0. The highest BCUT2D eigenvalue weighted by Gasteiger charge is 2.56. The van der Waals surface area contributed by atoms with E-state index in [0.29, 0.717) is 64.8 Å². The number of hydrogen-bond acceptors (Lipinski definition) is 4. The van der Waals surface area contributed by atoms with Gasteiger partial charge < -0.3 is 18.6 Å². The van der Waals surface area contributed by atoms with Gasteiger partial charge in [-0.3, -0.25) is 0 Å². The molecule has 4 nitrogen and oxygen atoms in total. The van der Waals surface area contributed by atoms with Gasteiger partial charge in [0.15, 0.2) is 21.4 Å². The van der Waals surface area contributed by atoms with E-state index in [1.54, 1.807) is 0 Å². The third-order valence-electron chi connectivity index (χ3n) is 13.9. The van der Waals surface area contributed by atoms with Crippen molar-refractivity contribution in [3.8, 4) is 33.4 Å². The standard InChI is InChI=1S/C60H48NO3P3/c1-37-22-38(2)26-43(25-37)46-31-52-58-53(32-46)66(63,50-18-12-8-13-19-50)55-34-48(45-29-41(5)24-42(6)30-45)36-57-60(55)61(58)59-54(65(52,62)49-16-10-7-11-17-49)33-47(44-27-39(3)23-40(4)28-44)35-56(59)67(57,64)51-20-14-9-15-21-51/h7-36H,1-6H3. The smallest absolute Gasteiger partial charge is 0.175 e. The Morgan fingerprint density at radius 2 is 0.463 bits per heavy atom. The Hall–Kier alpha value is -6.53. The van der Waals surface area contributed by atoms with Crippen LogP contribution in [0.2, 0.25) is 0 Å². The molecule has 0 atom stereocenters. The van der Waals surface area contributed by atoms with Gasteiger partial charge >= 0.3 is 0 Å². The Morgan fingerprint density at radius 3 is 0.672 bits per heavy atom. The lowest BCUT2D eigenvalue weighted by atomic mass is 9.98. The molecule has 7 heteroatoms. The first kappa shape index (κ1) is 41.9. The summed E-state index contributed by atoms with van der Waals surface area (Å²) < 4.78 is 52.9. The highest BCUT2D eigenvalue weighted by molar-refractivity contribution is 7.90. The predicted octanol–water partition coefficient (Wildman–Crippen LogP) is 11.9. The molecule has 0 unspecified atom stereocenters. The average molecular weight is 924 g/mol. The highest BCUT2D eigenvalue weighted by atomic mass is 31.2. The second-order valence-corrected chi connectivity index (χ2v) is 27.0. The molecular weight excluding hydrogens is 876 g/mol. The van der Waals surface area contributed by atoms with E-state index >= 15 is 13.7 Å². The molecule has 326 valence electrons. The van der Waals surface area contributed by atoms with Crippen LogP contribution in [-0.4, -0.2) is 0 Å². The van der Waals surface area contributed by atoms with E-state index in [-0.39, 0.29) is 0 Å². The van der Waals surface area contributed by atoms with Crippen molar-refractivity contribution in [3.63, 3.8) is 0 Å². The summed E-state index contributed by atoms with van der Waals surface area (Å²) in [7, 11) is -11.7. The van der Waals surface area contributed by atoms with Crippen LogP contribution < -0.4 is 52.6 Å². The summed E-state index contributed by atoms with van der Waals surface area (Å²) in [6.07, 6.45) is 0. The summed E-state index contributed by atoms with van der Waals surface area (Å²) in [5, 5.41) is 5.77. The van der Waals surface area contributed by atoms with E-state index < -0.39 is 21.4 Å². The second-order valence-electron chi connectivity index (χ2n) is 18.9. The predicted molar refractivity (Wildman–Crippen MR) is 285 cm³/mol. The van der Waals surface area contributed by atoms with Gasteiger partial charge in [-0.15, -0.1) is 0 Å². The van der Waals surface area contributed by atoms with Crippen molar-refractivity contribution in [2.45, 2.75) is 41.5 Å². The maximum absolute atomic E-state index is 17.6. The molecular formula is C60H48NO3P3. The zero-order valence-electron chi connectivity index (χ0n) is 38.3. The Balaban J connectivity index is 1.34. The number of hydrogen-bond donors (Lipinski definition) is 0. The van der Waals surface area contributed by atoms with Crippen LogP contribution in [0, 0.1) is 41.5 Å². The van der Waals surface area contributed by atoms with Crippen molar-refractivity contribution < 1.29 is 13.7 Å². The van der Waals surface area contributed by atoms with Gasteiger partial charge in [-0.25, -0.2) is 0 Å². The fourth-order valence-electron chi connectivity index (χ4n) is 11.3. The summed E-state index contributed by atoms with van der Waals surface area (Å²) >= 11 is 0. The lowest BCUT2D eigenvalue weighted by molar-refractivity contribution is 0.592. The molecule has 9 aromatic carbocycles. The molecule has 67 heavy (non-hydrogen) atoms. The van der Waals surface area contributed by atoms with Gasteiger partial charge in [-0.1, -0.05) is 179 Å². The Kier molecular flexibility index (Phi) is 9.37. The van der Waals surface area contributed by atoms with Crippen molar-refractivity contribution >= 4 is 86.2 Å². The summed E-state index contributed by atoms with van der Waals surface area (Å²) in [6.45, 7) is 12.6. The van der Waals surface area contributed by atoms with E-state index in [2.05, 4.69) is 137 Å². The molecule has 0 saturated heterocycles. The number of rotatable bonds is 6. The third-order valence-corrected chi connectivity index (χ3v) is 23.1. The van der Waals surface area contributed by atoms with Crippen molar-refractivity contribution in [1.29, 1.82) is 0 Å². The molecule has 0 amide bonds. The van der Waals surface area contributed by atoms with Crippen molar-refractivity contribution in [1.82, 2.24) is 0 Å². The maximum Gasteiger partial charge on any atom is 0.175 e. The van der Waals surface area contributed by atoms with Gasteiger partial charge in [0.1, 0.15) is 0 Å². The van der Waals surface area contributed by atoms with E-state index in [1.165, 1.54) is 0 Å². The topological polar surface area (TPSA) is 54.5 Å². The molecule has 0 aromatic heterocycles. The molecule has 0 spiro atoms. The summed E-state index contributed by atoms with van der Waals surface area (Å²) in [4.78, 5) is 2.24. The summed E-state index contributed by atoms with van der Waals surface area (Å²) in [5.74, 6) is 0. The lowest BCUT2D eigenvalue weighted by Gasteiger charge is -2.49. The Bertz CT molecular complexity index is 3210. The fraction of sp³-hybridized carbons (Fsp3) is 0.100.